The van der Waals surface area contributed by atoms with E-state index in [0.29, 0.717) is 0 Å². The Balaban J connectivity index is 2.95. The molecule has 0 radical (unpaired) electrons. The molecule has 0 spiro atoms. The summed E-state index contributed by atoms with van der Waals surface area (Å²) in [6.45, 7) is 1.72. The number of carbonyl (C=O) groups is 1. The maximum atomic E-state index is 12.4. The van der Waals surface area contributed by atoms with Crippen LogP contribution in [0.1, 0.15) is 18.1 Å². The molecule has 1 aromatic carbocycles. The van der Waals surface area contributed by atoms with E-state index in [9.17, 15) is 23.1 Å². The Kier molecular flexibility index (Phi) is 3.98. The number of ether oxygens (including phenoxy) is 1. The van der Waals surface area contributed by atoms with E-state index in [1.54, 1.807) is 6.92 Å². The van der Waals surface area contributed by atoms with Gasteiger partial charge < -0.3 is 9.84 Å². The highest BCUT2D eigenvalue weighted by atomic mass is 19.4. The number of aromatic hydroxyl groups is 1. The van der Waals surface area contributed by atoms with Gasteiger partial charge in [-0.1, -0.05) is 0 Å². The number of alkyl halides is 3. The quantitative estimate of drug-likeness (QED) is 0.836. The van der Waals surface area contributed by atoms with Gasteiger partial charge in [-0.2, -0.15) is 13.2 Å². The number of esters is 1. The molecule has 0 atom stereocenters. The first kappa shape index (κ1) is 13.3. The van der Waals surface area contributed by atoms with Crippen molar-refractivity contribution in [2.45, 2.75) is 19.5 Å². The van der Waals surface area contributed by atoms with E-state index >= 15 is 0 Å². The molecule has 0 unspecified atom stereocenters. The van der Waals surface area contributed by atoms with Crippen molar-refractivity contribution in [1.82, 2.24) is 0 Å². The molecule has 1 rings (SSSR count). The topological polar surface area (TPSA) is 46.5 Å². The van der Waals surface area contributed by atoms with Crippen molar-refractivity contribution >= 4 is 5.97 Å². The third kappa shape index (κ3) is 3.65. The average Bonchev–Trinajstić information content (AvgIpc) is 2.20. The van der Waals surface area contributed by atoms with Gasteiger partial charge in [-0.25, -0.2) is 0 Å². The number of benzene rings is 1. The van der Waals surface area contributed by atoms with Gasteiger partial charge in [0.2, 0.25) is 0 Å². The lowest BCUT2D eigenvalue weighted by atomic mass is 10.1. The third-order valence-corrected chi connectivity index (χ3v) is 2.05. The van der Waals surface area contributed by atoms with E-state index in [1.807, 2.05) is 0 Å². The molecule has 0 aliphatic rings. The van der Waals surface area contributed by atoms with Crippen LogP contribution in [0.2, 0.25) is 0 Å². The first-order valence-corrected chi connectivity index (χ1v) is 4.89. The Morgan fingerprint density at radius 2 is 2.06 bits per heavy atom. The second kappa shape index (κ2) is 5.07. The van der Waals surface area contributed by atoms with Crippen LogP contribution >= 0.6 is 0 Å². The van der Waals surface area contributed by atoms with Gasteiger partial charge in [0.15, 0.2) is 0 Å². The van der Waals surface area contributed by atoms with E-state index in [4.69, 9.17) is 0 Å². The van der Waals surface area contributed by atoms with Gasteiger partial charge in [0, 0.05) is 5.56 Å². The lowest BCUT2D eigenvalue weighted by Crippen LogP contribution is -2.10. The highest BCUT2D eigenvalue weighted by Gasteiger charge is 2.31. The summed E-state index contributed by atoms with van der Waals surface area (Å²) < 4.78 is 41.8. The molecule has 6 heteroatoms. The fraction of sp³-hybridized carbons (Fsp3) is 0.364. The summed E-state index contributed by atoms with van der Waals surface area (Å²) in [6.07, 6.45) is -4.89. The molecule has 1 aromatic rings. The monoisotopic (exact) mass is 248 g/mol. The molecule has 0 aliphatic carbocycles. The van der Waals surface area contributed by atoms with E-state index in [2.05, 4.69) is 4.74 Å². The third-order valence-electron chi connectivity index (χ3n) is 2.05. The largest absolute Gasteiger partial charge is 0.508 e. The van der Waals surface area contributed by atoms with Crippen LogP contribution in [-0.2, 0) is 22.1 Å². The molecule has 94 valence electrons. The number of rotatable bonds is 3. The van der Waals surface area contributed by atoms with Crippen LogP contribution in [0.25, 0.3) is 0 Å². The smallest absolute Gasteiger partial charge is 0.416 e. The molecule has 17 heavy (non-hydrogen) atoms. The minimum Gasteiger partial charge on any atom is -0.508 e. The predicted octanol–water partition coefficient (Wildman–Crippen LogP) is 2.52. The van der Waals surface area contributed by atoms with Crippen molar-refractivity contribution in [2.24, 2.45) is 0 Å². The van der Waals surface area contributed by atoms with Gasteiger partial charge in [-0.15, -0.1) is 0 Å². The predicted molar refractivity (Wildman–Crippen MR) is 53.4 cm³/mol. The SMILES string of the molecule is CCOC(=O)Cc1cc(C(F)(F)F)ccc1O. The van der Waals surface area contributed by atoms with Crippen LogP contribution in [0.4, 0.5) is 13.2 Å². The van der Waals surface area contributed by atoms with E-state index < -0.39 is 17.7 Å². The normalized spacial score (nSPS) is 11.3. The number of phenolic OH excluding ortho intramolecular Hbond substituents is 1. The van der Waals surface area contributed by atoms with Crippen LogP contribution in [0.5, 0.6) is 5.75 Å². The van der Waals surface area contributed by atoms with Gasteiger partial charge in [0.1, 0.15) is 5.75 Å². The Hall–Kier alpha value is -1.72. The summed E-state index contributed by atoms with van der Waals surface area (Å²) in [7, 11) is 0. The summed E-state index contributed by atoms with van der Waals surface area (Å²) in [5.41, 5.74) is -1.01. The first-order chi connectivity index (χ1) is 7.84. The van der Waals surface area contributed by atoms with Gasteiger partial charge in [0.05, 0.1) is 18.6 Å². The van der Waals surface area contributed by atoms with Crippen LogP contribution < -0.4 is 0 Å². The van der Waals surface area contributed by atoms with Gasteiger partial charge in [0.25, 0.3) is 0 Å². The number of carbonyl (C=O) groups excluding carboxylic acids is 1. The Morgan fingerprint density at radius 1 is 1.41 bits per heavy atom. The average molecular weight is 248 g/mol. The molecule has 3 nitrogen and oxygen atoms in total. The van der Waals surface area contributed by atoms with Crippen LogP contribution in [0, 0.1) is 0 Å². The minimum absolute atomic E-state index is 0.0988. The summed E-state index contributed by atoms with van der Waals surface area (Å²) in [5, 5.41) is 9.34. The molecular formula is C11H11F3O3. The fourth-order valence-corrected chi connectivity index (χ4v) is 1.27. The maximum absolute atomic E-state index is 12.4. The Bertz CT molecular complexity index is 413. The molecule has 1 N–H and O–H groups in total. The fourth-order valence-electron chi connectivity index (χ4n) is 1.27. The summed E-state index contributed by atoms with van der Waals surface area (Å²) in [4.78, 5) is 11.1. The van der Waals surface area contributed by atoms with E-state index in [-0.39, 0.29) is 24.3 Å². The molecule has 0 aliphatic heterocycles. The van der Waals surface area contributed by atoms with Gasteiger partial charge in [-0.05, 0) is 25.1 Å². The molecular weight excluding hydrogens is 237 g/mol. The van der Waals surface area contributed by atoms with E-state index in [1.165, 1.54) is 0 Å². The van der Waals surface area contributed by atoms with Crippen molar-refractivity contribution in [3.63, 3.8) is 0 Å². The van der Waals surface area contributed by atoms with Crippen LogP contribution in [0.3, 0.4) is 0 Å². The molecule has 0 amide bonds. The Morgan fingerprint density at radius 3 is 2.59 bits per heavy atom. The molecule has 0 saturated heterocycles. The van der Waals surface area contributed by atoms with Crippen molar-refractivity contribution in [2.75, 3.05) is 6.61 Å². The minimum atomic E-state index is -4.50. The molecule has 0 heterocycles. The van der Waals surface area contributed by atoms with Gasteiger partial charge in [-0.3, -0.25) is 4.79 Å². The standard InChI is InChI=1S/C11H11F3O3/c1-2-17-10(16)6-7-5-8(11(12,13)14)3-4-9(7)15/h3-5,15H,2,6H2,1H3. The zero-order valence-electron chi connectivity index (χ0n) is 9.04. The highest BCUT2D eigenvalue weighted by Crippen LogP contribution is 2.32. The summed E-state index contributed by atoms with van der Waals surface area (Å²) in [6, 6.07) is 2.41. The number of hydrogen-bond acceptors (Lipinski definition) is 3. The zero-order valence-corrected chi connectivity index (χ0v) is 9.04. The van der Waals surface area contributed by atoms with Crippen molar-refractivity contribution < 1.29 is 27.8 Å². The number of phenols is 1. The second-order valence-electron chi connectivity index (χ2n) is 3.32. The van der Waals surface area contributed by atoms with Crippen LogP contribution in [0.15, 0.2) is 18.2 Å². The summed E-state index contributed by atoms with van der Waals surface area (Å²) in [5.74, 6) is -1.03. The lowest BCUT2D eigenvalue weighted by Gasteiger charge is -2.10. The first-order valence-electron chi connectivity index (χ1n) is 4.89. The van der Waals surface area contributed by atoms with Crippen molar-refractivity contribution in [3.05, 3.63) is 29.3 Å². The van der Waals surface area contributed by atoms with Crippen molar-refractivity contribution in [1.29, 1.82) is 0 Å². The molecule has 0 fully saturated rings. The maximum Gasteiger partial charge on any atom is 0.416 e. The molecule has 0 aromatic heterocycles. The van der Waals surface area contributed by atoms with Crippen molar-refractivity contribution in [3.8, 4) is 5.75 Å². The lowest BCUT2D eigenvalue weighted by molar-refractivity contribution is -0.142. The molecule has 0 bridgehead atoms. The second-order valence-corrected chi connectivity index (χ2v) is 3.32. The van der Waals surface area contributed by atoms with Gasteiger partial charge >= 0.3 is 12.1 Å². The van der Waals surface area contributed by atoms with E-state index in [0.717, 1.165) is 18.2 Å². The number of hydrogen-bond donors (Lipinski definition) is 1. The highest BCUT2D eigenvalue weighted by molar-refractivity contribution is 5.73. The summed E-state index contributed by atoms with van der Waals surface area (Å²) >= 11 is 0. The zero-order chi connectivity index (χ0) is 13.1. The molecule has 0 saturated carbocycles. The Labute approximate surface area is 95.8 Å². The van der Waals surface area contributed by atoms with Crippen LogP contribution in [-0.4, -0.2) is 17.7 Å². The number of halogens is 3.